The molecule has 1 aromatic carbocycles. The highest BCUT2D eigenvalue weighted by Crippen LogP contribution is 2.22. The first-order chi connectivity index (χ1) is 12.0. The number of aliphatic hydroxyl groups excluding tert-OH is 1. The van der Waals surface area contributed by atoms with Gasteiger partial charge in [-0.1, -0.05) is 6.07 Å². The molecule has 25 heavy (non-hydrogen) atoms. The number of hydrogen-bond donors (Lipinski definition) is 2. The van der Waals surface area contributed by atoms with Gasteiger partial charge in [0.05, 0.1) is 18.8 Å². The number of carbonyl (C=O) groups excluding carboxylic acids is 1. The molecule has 8 heteroatoms. The molecule has 1 atom stereocenters. The molecular formula is C17H15F2N3O3. The van der Waals surface area contributed by atoms with Crippen LogP contribution >= 0.6 is 0 Å². The molecule has 1 unspecified atom stereocenters. The van der Waals surface area contributed by atoms with E-state index in [1.54, 1.807) is 18.3 Å². The Morgan fingerprint density at radius 3 is 2.88 bits per heavy atom. The molecule has 6 nitrogen and oxygen atoms in total. The molecule has 0 radical (unpaired) electrons. The predicted octanol–water partition coefficient (Wildman–Crippen LogP) is 2.34. The molecule has 0 aliphatic carbocycles. The third kappa shape index (κ3) is 3.49. The molecule has 2 N–H and O–H groups in total. The van der Waals surface area contributed by atoms with E-state index in [1.807, 2.05) is 0 Å². The van der Waals surface area contributed by atoms with Crippen LogP contribution in [0.25, 0.3) is 10.9 Å². The van der Waals surface area contributed by atoms with Crippen LogP contribution in [0, 0.1) is 11.6 Å². The van der Waals surface area contributed by atoms with Crippen molar-refractivity contribution in [3.63, 3.8) is 0 Å². The maximum absolute atomic E-state index is 13.8. The summed E-state index contributed by atoms with van der Waals surface area (Å²) in [6.45, 7) is 0. The Balaban J connectivity index is 1.86. The summed E-state index contributed by atoms with van der Waals surface area (Å²) < 4.78 is 28.2. The maximum atomic E-state index is 13.8. The monoisotopic (exact) mass is 347 g/mol. The summed E-state index contributed by atoms with van der Waals surface area (Å²) in [5.41, 5.74) is 3.10. The number of amides is 1. The summed E-state index contributed by atoms with van der Waals surface area (Å²) in [4.78, 5) is 20.3. The van der Waals surface area contributed by atoms with Crippen LogP contribution in [-0.4, -0.2) is 27.7 Å². The van der Waals surface area contributed by atoms with Gasteiger partial charge in [0.25, 0.3) is 5.91 Å². The number of nitrogens with one attached hydrogen (secondary N) is 1. The zero-order valence-electron chi connectivity index (χ0n) is 13.2. The highest BCUT2D eigenvalue weighted by atomic mass is 19.1. The van der Waals surface area contributed by atoms with E-state index >= 15 is 0 Å². The van der Waals surface area contributed by atoms with Crippen LogP contribution in [0.5, 0.6) is 0 Å². The van der Waals surface area contributed by atoms with Crippen molar-refractivity contribution in [2.45, 2.75) is 12.6 Å². The number of pyridine rings is 1. The molecule has 1 amide bonds. The van der Waals surface area contributed by atoms with Crippen LogP contribution < -0.4 is 5.48 Å². The van der Waals surface area contributed by atoms with Crippen molar-refractivity contribution < 1.29 is 23.5 Å². The van der Waals surface area contributed by atoms with E-state index in [2.05, 4.69) is 15.3 Å². The summed E-state index contributed by atoms with van der Waals surface area (Å²) in [5, 5.41) is 11.1. The number of halogens is 2. The Kier molecular flexibility index (Phi) is 4.73. The van der Waals surface area contributed by atoms with Gasteiger partial charge in [-0.05, 0) is 23.8 Å². The van der Waals surface area contributed by atoms with Crippen LogP contribution in [0.1, 0.15) is 22.3 Å². The Hall–Kier alpha value is -2.84. The van der Waals surface area contributed by atoms with E-state index in [9.17, 15) is 18.7 Å². The molecule has 2 heterocycles. The second-order valence-electron chi connectivity index (χ2n) is 5.41. The Labute approximate surface area is 141 Å². The van der Waals surface area contributed by atoms with Gasteiger partial charge in [0.15, 0.2) is 0 Å². The highest BCUT2D eigenvalue weighted by Gasteiger charge is 2.15. The molecule has 3 rings (SSSR count). The second kappa shape index (κ2) is 6.96. The number of benzene rings is 1. The van der Waals surface area contributed by atoms with Gasteiger partial charge in [-0.3, -0.25) is 9.63 Å². The van der Waals surface area contributed by atoms with Crippen molar-refractivity contribution in [1.82, 2.24) is 15.0 Å². The zero-order chi connectivity index (χ0) is 18.0. The lowest BCUT2D eigenvalue weighted by Crippen LogP contribution is -2.22. The highest BCUT2D eigenvalue weighted by molar-refractivity contribution is 5.95. The lowest BCUT2D eigenvalue weighted by atomic mass is 10.1. The van der Waals surface area contributed by atoms with E-state index in [-0.39, 0.29) is 17.7 Å². The lowest BCUT2D eigenvalue weighted by Gasteiger charge is -2.15. The van der Waals surface area contributed by atoms with Gasteiger partial charge in [-0.15, -0.1) is 0 Å². The number of hydrogen-bond acceptors (Lipinski definition) is 4. The Morgan fingerprint density at radius 1 is 1.36 bits per heavy atom. The minimum absolute atomic E-state index is 0.0399. The maximum Gasteiger partial charge on any atom is 0.293 e. The quantitative estimate of drug-likeness (QED) is 0.695. The molecule has 0 fully saturated rings. The molecule has 0 aliphatic heterocycles. The fourth-order valence-corrected chi connectivity index (χ4v) is 2.57. The number of carbonyl (C=O) groups is 1. The van der Waals surface area contributed by atoms with E-state index in [1.165, 1.54) is 23.9 Å². The zero-order valence-corrected chi connectivity index (χ0v) is 13.2. The van der Waals surface area contributed by atoms with E-state index in [0.29, 0.717) is 10.9 Å². The summed E-state index contributed by atoms with van der Waals surface area (Å²) >= 11 is 0. The standard InChI is InChI=1S/C17H15F2N3O3/c1-25-21-17(24)14-6-11-4-5-22(15(11)9-20-14)16(23)7-10-2-3-12(18)8-13(10)19/h2-6,8-9,16,23H,7H2,1H3,(H,21,24). The van der Waals surface area contributed by atoms with Gasteiger partial charge in [0.2, 0.25) is 0 Å². The largest absolute Gasteiger partial charge is 0.373 e. The molecule has 3 aromatic rings. The van der Waals surface area contributed by atoms with E-state index in [0.717, 1.165) is 12.1 Å². The van der Waals surface area contributed by atoms with Crippen LogP contribution in [0.15, 0.2) is 42.7 Å². The SMILES string of the molecule is CONC(=O)c1cc2ccn(C(O)Cc3ccc(F)cc3F)c2cn1. The Morgan fingerprint density at radius 2 is 2.16 bits per heavy atom. The molecular weight excluding hydrogens is 332 g/mol. The minimum atomic E-state index is -1.07. The summed E-state index contributed by atoms with van der Waals surface area (Å²) in [5.74, 6) is -1.88. The van der Waals surface area contributed by atoms with Gasteiger partial charge in [0.1, 0.15) is 23.6 Å². The average Bonchev–Trinajstić information content (AvgIpc) is 3.00. The summed E-state index contributed by atoms with van der Waals surface area (Å²) in [6, 6.07) is 6.46. The van der Waals surface area contributed by atoms with Crippen LogP contribution in [0.2, 0.25) is 0 Å². The molecule has 0 spiro atoms. The predicted molar refractivity (Wildman–Crippen MR) is 85.5 cm³/mol. The molecule has 0 saturated heterocycles. The van der Waals surface area contributed by atoms with Gasteiger partial charge >= 0.3 is 0 Å². The number of nitrogens with zero attached hydrogens (tertiary/aromatic N) is 2. The summed E-state index contributed by atoms with van der Waals surface area (Å²) in [7, 11) is 1.32. The number of aliphatic hydroxyl groups is 1. The van der Waals surface area contributed by atoms with Crippen LogP contribution in [0.4, 0.5) is 8.78 Å². The van der Waals surface area contributed by atoms with Crippen molar-refractivity contribution in [2.75, 3.05) is 7.11 Å². The third-order valence-corrected chi connectivity index (χ3v) is 3.77. The molecule has 130 valence electrons. The third-order valence-electron chi connectivity index (χ3n) is 3.77. The molecule has 2 aromatic heterocycles. The van der Waals surface area contributed by atoms with Crippen LogP contribution in [-0.2, 0) is 11.3 Å². The average molecular weight is 347 g/mol. The normalized spacial score (nSPS) is 12.3. The topological polar surface area (TPSA) is 76.4 Å². The number of rotatable bonds is 5. The van der Waals surface area contributed by atoms with Gasteiger partial charge in [-0.25, -0.2) is 19.2 Å². The van der Waals surface area contributed by atoms with E-state index in [4.69, 9.17) is 0 Å². The number of hydroxylamine groups is 1. The lowest BCUT2D eigenvalue weighted by molar-refractivity contribution is 0.0532. The van der Waals surface area contributed by atoms with Crippen LogP contribution in [0.3, 0.4) is 0 Å². The molecule has 0 saturated carbocycles. The summed E-state index contributed by atoms with van der Waals surface area (Å²) in [6.07, 6.45) is 1.93. The minimum Gasteiger partial charge on any atom is -0.373 e. The second-order valence-corrected chi connectivity index (χ2v) is 5.41. The van der Waals surface area contributed by atoms with Crippen molar-refractivity contribution in [1.29, 1.82) is 0 Å². The fourth-order valence-electron chi connectivity index (χ4n) is 2.57. The molecule has 0 bridgehead atoms. The Bertz CT molecular complexity index is 927. The number of aromatic nitrogens is 2. The van der Waals surface area contributed by atoms with E-state index < -0.39 is 23.8 Å². The molecule has 0 aliphatic rings. The smallest absolute Gasteiger partial charge is 0.293 e. The first-order valence-electron chi connectivity index (χ1n) is 7.41. The first-order valence-corrected chi connectivity index (χ1v) is 7.41. The first kappa shape index (κ1) is 17.0. The van der Waals surface area contributed by atoms with Gasteiger partial charge < -0.3 is 9.67 Å². The van der Waals surface area contributed by atoms with Gasteiger partial charge in [-0.2, -0.15) is 0 Å². The van der Waals surface area contributed by atoms with Crippen molar-refractivity contribution in [3.8, 4) is 0 Å². The number of fused-ring (bicyclic) bond motifs is 1. The van der Waals surface area contributed by atoms with Crippen molar-refractivity contribution in [3.05, 3.63) is 65.6 Å². The van der Waals surface area contributed by atoms with Crippen molar-refractivity contribution in [2.24, 2.45) is 0 Å². The van der Waals surface area contributed by atoms with Crippen molar-refractivity contribution >= 4 is 16.8 Å². The fraction of sp³-hybridized carbons (Fsp3) is 0.176. The van der Waals surface area contributed by atoms with Gasteiger partial charge in [0, 0.05) is 24.1 Å².